The van der Waals surface area contributed by atoms with Crippen molar-refractivity contribution in [3.05, 3.63) is 65.7 Å². The van der Waals surface area contributed by atoms with Gasteiger partial charge in [0.1, 0.15) is 12.4 Å². The lowest BCUT2D eigenvalue weighted by Gasteiger charge is -2.10. The molecule has 0 unspecified atom stereocenters. The first-order chi connectivity index (χ1) is 10.6. The minimum absolute atomic E-state index is 0.293. The number of nitrogens with one attached hydrogen (secondary N) is 1. The molecule has 116 valence electrons. The van der Waals surface area contributed by atoms with Crippen LogP contribution in [0, 0.1) is 0 Å². The second-order valence-corrected chi connectivity index (χ2v) is 5.25. The van der Waals surface area contributed by atoms with E-state index in [1.165, 1.54) is 5.56 Å². The van der Waals surface area contributed by atoms with Crippen molar-refractivity contribution in [2.75, 3.05) is 6.54 Å². The second-order valence-electron chi connectivity index (χ2n) is 5.25. The summed E-state index contributed by atoms with van der Waals surface area (Å²) in [6.07, 6.45) is 0.859. The molecule has 0 aliphatic heterocycles. The van der Waals surface area contributed by atoms with Gasteiger partial charge in [-0.25, -0.2) is 0 Å². The number of hydrogen-bond donors (Lipinski definition) is 2. The lowest BCUT2D eigenvalue weighted by molar-refractivity contribution is -0.119. The van der Waals surface area contributed by atoms with E-state index in [1.807, 2.05) is 30.3 Å². The Balaban J connectivity index is 1.76. The number of amides is 1. The Morgan fingerprint density at radius 3 is 2.36 bits per heavy atom. The minimum atomic E-state index is -0.326. The van der Waals surface area contributed by atoms with Crippen molar-refractivity contribution in [2.24, 2.45) is 5.73 Å². The van der Waals surface area contributed by atoms with Crippen LogP contribution in [0.2, 0.25) is 0 Å². The summed E-state index contributed by atoms with van der Waals surface area (Å²) in [6.45, 7) is 3.05. The van der Waals surface area contributed by atoms with E-state index in [9.17, 15) is 4.79 Å². The summed E-state index contributed by atoms with van der Waals surface area (Å²) >= 11 is 0. The van der Waals surface area contributed by atoms with Crippen LogP contribution in [0.15, 0.2) is 54.6 Å². The van der Waals surface area contributed by atoms with Crippen molar-refractivity contribution >= 4 is 5.91 Å². The maximum absolute atomic E-state index is 10.9. The van der Waals surface area contributed by atoms with Gasteiger partial charge in [0.05, 0.1) is 6.04 Å². The molecular formula is C18H22N2O2. The Bertz CT molecular complexity index is 582. The lowest BCUT2D eigenvalue weighted by Crippen LogP contribution is -2.39. The van der Waals surface area contributed by atoms with E-state index in [0.717, 1.165) is 24.3 Å². The van der Waals surface area contributed by atoms with Crippen molar-refractivity contribution in [2.45, 2.75) is 26.0 Å². The summed E-state index contributed by atoms with van der Waals surface area (Å²) in [5.41, 5.74) is 7.55. The lowest BCUT2D eigenvalue weighted by atomic mass is 10.1. The van der Waals surface area contributed by atoms with Crippen LogP contribution >= 0.6 is 0 Å². The van der Waals surface area contributed by atoms with Gasteiger partial charge in [0.15, 0.2) is 0 Å². The average molecular weight is 298 g/mol. The van der Waals surface area contributed by atoms with Crippen LogP contribution in [0.4, 0.5) is 0 Å². The maximum Gasteiger partial charge on any atom is 0.234 e. The van der Waals surface area contributed by atoms with E-state index < -0.39 is 0 Å². The third-order valence-electron chi connectivity index (χ3n) is 3.46. The van der Waals surface area contributed by atoms with Crippen LogP contribution < -0.4 is 15.8 Å². The van der Waals surface area contributed by atoms with Crippen molar-refractivity contribution < 1.29 is 9.53 Å². The van der Waals surface area contributed by atoms with Crippen LogP contribution in [0.5, 0.6) is 5.75 Å². The molecule has 0 saturated carbocycles. The van der Waals surface area contributed by atoms with Gasteiger partial charge in [-0.3, -0.25) is 4.79 Å². The minimum Gasteiger partial charge on any atom is -0.489 e. The normalized spacial score (nSPS) is 11.9. The number of rotatable bonds is 8. The molecule has 2 rings (SSSR count). The van der Waals surface area contributed by atoms with E-state index in [4.69, 9.17) is 10.5 Å². The van der Waals surface area contributed by atoms with Gasteiger partial charge in [-0.15, -0.1) is 0 Å². The number of para-hydroxylation sites is 1. The highest BCUT2D eigenvalue weighted by molar-refractivity contribution is 5.79. The fraction of sp³-hybridized carbons (Fsp3) is 0.278. The SMILES string of the molecule is C[C@H](NCCc1ccc(COc2ccccc2)cc1)C(N)=O. The average Bonchev–Trinajstić information content (AvgIpc) is 2.55. The molecule has 0 bridgehead atoms. The van der Waals surface area contributed by atoms with Crippen LogP contribution in [0.25, 0.3) is 0 Å². The summed E-state index contributed by atoms with van der Waals surface area (Å²) in [4.78, 5) is 10.9. The van der Waals surface area contributed by atoms with Crippen molar-refractivity contribution in [3.8, 4) is 5.75 Å². The van der Waals surface area contributed by atoms with Gasteiger partial charge in [0, 0.05) is 0 Å². The third-order valence-corrected chi connectivity index (χ3v) is 3.46. The molecular weight excluding hydrogens is 276 g/mol. The molecule has 3 N–H and O–H groups in total. The molecule has 1 atom stereocenters. The van der Waals surface area contributed by atoms with Crippen molar-refractivity contribution in [1.82, 2.24) is 5.32 Å². The Hall–Kier alpha value is -2.33. The van der Waals surface area contributed by atoms with Gasteiger partial charge < -0.3 is 15.8 Å². The fourth-order valence-electron chi connectivity index (χ4n) is 2.02. The predicted octanol–water partition coefficient (Wildman–Crippen LogP) is 2.27. The molecule has 0 spiro atoms. The van der Waals surface area contributed by atoms with E-state index in [0.29, 0.717) is 6.61 Å². The maximum atomic E-state index is 10.9. The number of ether oxygens (including phenoxy) is 1. The Kier molecular flexibility index (Phi) is 5.98. The first-order valence-electron chi connectivity index (χ1n) is 7.43. The van der Waals surface area contributed by atoms with Crippen LogP contribution in [-0.4, -0.2) is 18.5 Å². The number of carbonyl (C=O) groups excluding carboxylic acids is 1. The zero-order valence-corrected chi connectivity index (χ0v) is 12.8. The fourth-order valence-corrected chi connectivity index (χ4v) is 2.02. The highest BCUT2D eigenvalue weighted by Crippen LogP contribution is 2.12. The standard InChI is InChI=1S/C18H22N2O2/c1-14(18(19)21)20-12-11-15-7-9-16(10-8-15)13-22-17-5-3-2-4-6-17/h2-10,14,20H,11-13H2,1H3,(H2,19,21)/t14-/m0/s1. The van der Waals surface area contributed by atoms with Gasteiger partial charge in [-0.1, -0.05) is 42.5 Å². The van der Waals surface area contributed by atoms with Gasteiger partial charge in [0.25, 0.3) is 0 Å². The Morgan fingerprint density at radius 2 is 1.73 bits per heavy atom. The number of carbonyl (C=O) groups is 1. The van der Waals surface area contributed by atoms with Gasteiger partial charge in [-0.2, -0.15) is 0 Å². The highest BCUT2D eigenvalue weighted by Gasteiger charge is 2.06. The zero-order valence-electron chi connectivity index (χ0n) is 12.8. The van der Waals surface area contributed by atoms with Crippen LogP contribution in [-0.2, 0) is 17.8 Å². The Morgan fingerprint density at radius 1 is 1.09 bits per heavy atom. The van der Waals surface area contributed by atoms with Crippen LogP contribution in [0.3, 0.4) is 0 Å². The molecule has 0 fully saturated rings. The number of nitrogens with two attached hydrogens (primary N) is 1. The number of hydrogen-bond acceptors (Lipinski definition) is 3. The summed E-state index contributed by atoms with van der Waals surface area (Å²) in [7, 11) is 0. The second kappa shape index (κ2) is 8.20. The molecule has 0 radical (unpaired) electrons. The van der Waals surface area contributed by atoms with E-state index >= 15 is 0 Å². The molecule has 2 aromatic carbocycles. The molecule has 4 heteroatoms. The summed E-state index contributed by atoms with van der Waals surface area (Å²) in [5, 5.41) is 3.09. The summed E-state index contributed by atoms with van der Waals surface area (Å²) < 4.78 is 5.71. The van der Waals surface area contributed by atoms with Crippen molar-refractivity contribution in [3.63, 3.8) is 0 Å². The third kappa shape index (κ3) is 5.22. The quantitative estimate of drug-likeness (QED) is 0.786. The van der Waals surface area contributed by atoms with Gasteiger partial charge in [-0.05, 0) is 43.1 Å². The zero-order chi connectivity index (χ0) is 15.8. The first-order valence-corrected chi connectivity index (χ1v) is 7.43. The molecule has 0 heterocycles. The smallest absolute Gasteiger partial charge is 0.234 e. The number of primary amides is 1. The van der Waals surface area contributed by atoms with Gasteiger partial charge >= 0.3 is 0 Å². The topological polar surface area (TPSA) is 64.3 Å². The van der Waals surface area contributed by atoms with Crippen LogP contribution in [0.1, 0.15) is 18.1 Å². The van der Waals surface area contributed by atoms with Crippen molar-refractivity contribution in [1.29, 1.82) is 0 Å². The largest absolute Gasteiger partial charge is 0.489 e. The van der Waals surface area contributed by atoms with Gasteiger partial charge in [0.2, 0.25) is 5.91 Å². The molecule has 0 saturated heterocycles. The summed E-state index contributed by atoms with van der Waals surface area (Å²) in [6, 6.07) is 17.8. The predicted molar refractivity (Wildman–Crippen MR) is 87.6 cm³/mol. The summed E-state index contributed by atoms with van der Waals surface area (Å²) in [5.74, 6) is 0.546. The van der Waals surface area contributed by atoms with E-state index in [1.54, 1.807) is 6.92 Å². The molecule has 0 aliphatic rings. The molecule has 0 aromatic heterocycles. The number of benzene rings is 2. The highest BCUT2D eigenvalue weighted by atomic mass is 16.5. The Labute approximate surface area is 131 Å². The monoisotopic (exact) mass is 298 g/mol. The van der Waals surface area contributed by atoms with E-state index in [-0.39, 0.29) is 11.9 Å². The molecule has 2 aromatic rings. The molecule has 0 aliphatic carbocycles. The molecule has 4 nitrogen and oxygen atoms in total. The first kappa shape index (κ1) is 16.0. The van der Waals surface area contributed by atoms with E-state index in [2.05, 4.69) is 29.6 Å². The molecule has 1 amide bonds. The molecule has 22 heavy (non-hydrogen) atoms.